The van der Waals surface area contributed by atoms with Gasteiger partial charge in [0.2, 0.25) is 0 Å². The first-order chi connectivity index (χ1) is 7.84. The molecule has 2 aromatic rings. The van der Waals surface area contributed by atoms with Crippen LogP contribution in [0.4, 0.5) is 5.69 Å². The highest BCUT2D eigenvalue weighted by molar-refractivity contribution is 9.10. The molecule has 1 N–H and O–H groups in total. The molecule has 0 aliphatic rings. The molecule has 16 heavy (non-hydrogen) atoms. The molecule has 1 aromatic carbocycles. The van der Waals surface area contributed by atoms with Crippen LogP contribution in [-0.4, -0.2) is 12.3 Å². The standard InChI is InChI=1S/C12H12BrNS2/c13-10-3-1-4-11(9-10)14-6-8-16-12-5-2-7-15-12/h1-5,7,9,14H,6,8H2. The Morgan fingerprint density at radius 2 is 2.19 bits per heavy atom. The molecule has 0 unspecified atom stereocenters. The molecule has 0 radical (unpaired) electrons. The van der Waals surface area contributed by atoms with Crippen molar-refractivity contribution in [2.45, 2.75) is 4.21 Å². The molecule has 4 heteroatoms. The Hall–Kier alpha value is -0.450. The summed E-state index contributed by atoms with van der Waals surface area (Å²) in [6, 6.07) is 12.5. The zero-order valence-electron chi connectivity index (χ0n) is 8.65. The molecule has 0 fully saturated rings. The van der Waals surface area contributed by atoms with Crippen molar-refractivity contribution >= 4 is 44.7 Å². The highest BCUT2D eigenvalue weighted by atomic mass is 79.9. The minimum atomic E-state index is 0.985. The Morgan fingerprint density at radius 1 is 1.25 bits per heavy atom. The van der Waals surface area contributed by atoms with Crippen LogP contribution in [0.1, 0.15) is 0 Å². The second-order valence-corrected chi connectivity index (χ2v) is 6.48. The van der Waals surface area contributed by atoms with E-state index in [0.717, 1.165) is 16.8 Å². The first kappa shape index (κ1) is 12.0. The van der Waals surface area contributed by atoms with Gasteiger partial charge in [-0.05, 0) is 29.6 Å². The van der Waals surface area contributed by atoms with Gasteiger partial charge in [-0.25, -0.2) is 0 Å². The fourth-order valence-corrected chi connectivity index (χ4v) is 3.41. The Bertz CT molecular complexity index is 428. The third-order valence-electron chi connectivity index (χ3n) is 2.00. The lowest BCUT2D eigenvalue weighted by Crippen LogP contribution is -2.03. The Kier molecular flexibility index (Phi) is 4.75. The van der Waals surface area contributed by atoms with E-state index in [1.54, 1.807) is 11.3 Å². The van der Waals surface area contributed by atoms with Gasteiger partial charge in [0.1, 0.15) is 0 Å². The molecule has 0 bridgehead atoms. The van der Waals surface area contributed by atoms with Crippen LogP contribution in [0.25, 0.3) is 0 Å². The van der Waals surface area contributed by atoms with Gasteiger partial charge < -0.3 is 5.32 Å². The van der Waals surface area contributed by atoms with Crippen LogP contribution >= 0.6 is 39.0 Å². The van der Waals surface area contributed by atoms with Gasteiger partial charge in [0.15, 0.2) is 0 Å². The van der Waals surface area contributed by atoms with Crippen molar-refractivity contribution in [3.8, 4) is 0 Å². The van der Waals surface area contributed by atoms with Crippen LogP contribution in [0.3, 0.4) is 0 Å². The second kappa shape index (κ2) is 6.33. The molecule has 0 amide bonds. The van der Waals surface area contributed by atoms with Crippen LogP contribution < -0.4 is 5.32 Å². The van der Waals surface area contributed by atoms with E-state index in [1.165, 1.54) is 9.90 Å². The van der Waals surface area contributed by atoms with E-state index in [2.05, 4.69) is 50.9 Å². The normalized spacial score (nSPS) is 10.3. The lowest BCUT2D eigenvalue weighted by atomic mass is 10.3. The van der Waals surface area contributed by atoms with Gasteiger partial charge in [-0.15, -0.1) is 23.1 Å². The zero-order valence-corrected chi connectivity index (χ0v) is 11.9. The van der Waals surface area contributed by atoms with Crippen LogP contribution in [0.2, 0.25) is 0 Å². The molecule has 0 aliphatic heterocycles. The first-order valence-electron chi connectivity index (χ1n) is 5.00. The van der Waals surface area contributed by atoms with Gasteiger partial charge in [-0.2, -0.15) is 0 Å². The number of anilines is 1. The summed E-state index contributed by atoms with van der Waals surface area (Å²) < 4.78 is 2.50. The molecule has 84 valence electrons. The fourth-order valence-electron chi connectivity index (χ4n) is 1.29. The molecule has 0 aliphatic carbocycles. The van der Waals surface area contributed by atoms with Crippen molar-refractivity contribution in [1.29, 1.82) is 0 Å². The summed E-state index contributed by atoms with van der Waals surface area (Å²) in [6.07, 6.45) is 0. The average molecular weight is 314 g/mol. The molecule has 1 heterocycles. The van der Waals surface area contributed by atoms with Crippen molar-refractivity contribution in [3.63, 3.8) is 0 Å². The lowest BCUT2D eigenvalue weighted by molar-refractivity contribution is 1.23. The number of halogens is 1. The quantitative estimate of drug-likeness (QED) is 0.633. The lowest BCUT2D eigenvalue weighted by Gasteiger charge is -2.05. The maximum atomic E-state index is 3.46. The van der Waals surface area contributed by atoms with Crippen molar-refractivity contribution in [3.05, 3.63) is 46.3 Å². The largest absolute Gasteiger partial charge is 0.384 e. The van der Waals surface area contributed by atoms with E-state index in [9.17, 15) is 0 Å². The van der Waals surface area contributed by atoms with Crippen LogP contribution in [0.5, 0.6) is 0 Å². The summed E-state index contributed by atoms with van der Waals surface area (Å²) in [7, 11) is 0. The topological polar surface area (TPSA) is 12.0 Å². The van der Waals surface area contributed by atoms with Crippen molar-refractivity contribution < 1.29 is 0 Å². The second-order valence-electron chi connectivity index (χ2n) is 3.22. The van der Waals surface area contributed by atoms with Gasteiger partial charge in [0.25, 0.3) is 0 Å². The van der Waals surface area contributed by atoms with Gasteiger partial charge in [-0.3, -0.25) is 0 Å². The molecular weight excluding hydrogens is 302 g/mol. The van der Waals surface area contributed by atoms with E-state index in [1.807, 2.05) is 23.9 Å². The van der Waals surface area contributed by atoms with Crippen molar-refractivity contribution in [2.75, 3.05) is 17.6 Å². The van der Waals surface area contributed by atoms with E-state index in [0.29, 0.717) is 0 Å². The molecular formula is C12H12BrNS2. The average Bonchev–Trinajstić information content (AvgIpc) is 2.77. The van der Waals surface area contributed by atoms with Crippen molar-refractivity contribution in [1.82, 2.24) is 0 Å². The highest BCUT2D eigenvalue weighted by Crippen LogP contribution is 2.23. The van der Waals surface area contributed by atoms with Gasteiger partial charge in [-0.1, -0.05) is 28.1 Å². The van der Waals surface area contributed by atoms with E-state index in [-0.39, 0.29) is 0 Å². The van der Waals surface area contributed by atoms with E-state index < -0.39 is 0 Å². The monoisotopic (exact) mass is 313 g/mol. The third kappa shape index (κ3) is 3.85. The SMILES string of the molecule is Brc1cccc(NCCSc2cccs2)c1. The molecule has 2 rings (SSSR count). The first-order valence-corrected chi connectivity index (χ1v) is 7.66. The predicted molar refractivity (Wildman–Crippen MR) is 77.7 cm³/mol. The van der Waals surface area contributed by atoms with Gasteiger partial charge in [0.05, 0.1) is 4.21 Å². The zero-order chi connectivity index (χ0) is 11.2. The Morgan fingerprint density at radius 3 is 2.94 bits per heavy atom. The van der Waals surface area contributed by atoms with Gasteiger partial charge in [0, 0.05) is 22.5 Å². The number of thioether (sulfide) groups is 1. The minimum absolute atomic E-state index is 0.985. The molecule has 0 saturated carbocycles. The van der Waals surface area contributed by atoms with E-state index in [4.69, 9.17) is 0 Å². The summed E-state index contributed by atoms with van der Waals surface area (Å²) >= 11 is 7.15. The van der Waals surface area contributed by atoms with Gasteiger partial charge >= 0.3 is 0 Å². The fraction of sp³-hybridized carbons (Fsp3) is 0.167. The summed E-state index contributed by atoms with van der Waals surface area (Å²) in [6.45, 7) is 0.985. The highest BCUT2D eigenvalue weighted by Gasteiger charge is 1.95. The van der Waals surface area contributed by atoms with E-state index >= 15 is 0 Å². The molecule has 0 saturated heterocycles. The number of rotatable bonds is 5. The summed E-state index contributed by atoms with van der Waals surface area (Å²) in [5, 5.41) is 5.52. The molecule has 1 nitrogen and oxygen atoms in total. The number of hydrogen-bond acceptors (Lipinski definition) is 3. The minimum Gasteiger partial charge on any atom is -0.384 e. The van der Waals surface area contributed by atoms with Crippen molar-refractivity contribution in [2.24, 2.45) is 0 Å². The molecule has 1 aromatic heterocycles. The Balaban J connectivity index is 1.72. The van der Waals surface area contributed by atoms with Crippen LogP contribution in [0, 0.1) is 0 Å². The number of benzene rings is 1. The molecule has 0 atom stereocenters. The summed E-state index contributed by atoms with van der Waals surface area (Å²) in [4.78, 5) is 0. The predicted octanol–water partition coefficient (Wildman–Crippen LogP) is 4.71. The maximum absolute atomic E-state index is 3.46. The number of hydrogen-bond donors (Lipinski definition) is 1. The third-order valence-corrected chi connectivity index (χ3v) is 4.62. The summed E-state index contributed by atoms with van der Waals surface area (Å²) in [5.74, 6) is 1.09. The van der Waals surface area contributed by atoms with Crippen LogP contribution in [-0.2, 0) is 0 Å². The number of thiophene rings is 1. The smallest absolute Gasteiger partial charge is 0.0599 e. The Labute approximate surface area is 112 Å². The number of nitrogens with one attached hydrogen (secondary N) is 1. The molecule has 0 spiro atoms. The maximum Gasteiger partial charge on any atom is 0.0599 e. The van der Waals surface area contributed by atoms with Crippen LogP contribution in [0.15, 0.2) is 50.5 Å². The summed E-state index contributed by atoms with van der Waals surface area (Å²) in [5.41, 5.74) is 1.17.